The van der Waals surface area contributed by atoms with E-state index < -0.39 is 0 Å². The van der Waals surface area contributed by atoms with Crippen molar-refractivity contribution in [3.8, 4) is 0 Å². The standard InChI is InChI=1S/C12H16BrNO/c1-3-10-6-4-5-7-11(10)12(15)14(2)9-8-13/h4-7H,3,8-9H2,1-2H3. The predicted molar refractivity (Wildman–Crippen MR) is 66.6 cm³/mol. The number of hydrogen-bond donors (Lipinski definition) is 0. The molecule has 0 saturated carbocycles. The van der Waals surface area contributed by atoms with E-state index in [2.05, 4.69) is 22.9 Å². The summed E-state index contributed by atoms with van der Waals surface area (Å²) in [4.78, 5) is 13.8. The van der Waals surface area contributed by atoms with Gasteiger partial charge in [0.1, 0.15) is 0 Å². The van der Waals surface area contributed by atoms with Gasteiger partial charge in [-0.2, -0.15) is 0 Å². The highest BCUT2D eigenvalue weighted by atomic mass is 79.9. The Kier molecular flexibility index (Phi) is 4.82. The number of carbonyl (C=O) groups is 1. The molecule has 0 aliphatic carbocycles. The second-order valence-electron chi connectivity index (χ2n) is 3.43. The van der Waals surface area contributed by atoms with Crippen molar-refractivity contribution in [1.82, 2.24) is 4.90 Å². The van der Waals surface area contributed by atoms with Gasteiger partial charge in [-0.15, -0.1) is 0 Å². The van der Waals surface area contributed by atoms with E-state index in [4.69, 9.17) is 0 Å². The SMILES string of the molecule is CCc1ccccc1C(=O)N(C)CCBr. The van der Waals surface area contributed by atoms with Crippen LogP contribution in [0.4, 0.5) is 0 Å². The summed E-state index contributed by atoms with van der Waals surface area (Å²) in [6.07, 6.45) is 0.893. The minimum Gasteiger partial charge on any atom is -0.341 e. The topological polar surface area (TPSA) is 20.3 Å². The zero-order chi connectivity index (χ0) is 11.3. The van der Waals surface area contributed by atoms with Gasteiger partial charge in [-0.25, -0.2) is 0 Å². The maximum atomic E-state index is 12.0. The Balaban J connectivity index is 2.90. The van der Waals surface area contributed by atoms with Gasteiger partial charge in [0.2, 0.25) is 0 Å². The molecule has 0 fully saturated rings. The third-order valence-electron chi connectivity index (χ3n) is 2.40. The Morgan fingerprint density at radius 2 is 2.07 bits per heavy atom. The first-order valence-electron chi connectivity index (χ1n) is 5.10. The fourth-order valence-electron chi connectivity index (χ4n) is 1.47. The molecule has 0 bridgehead atoms. The van der Waals surface area contributed by atoms with Crippen molar-refractivity contribution < 1.29 is 4.79 Å². The lowest BCUT2D eigenvalue weighted by molar-refractivity contribution is 0.0803. The lowest BCUT2D eigenvalue weighted by Crippen LogP contribution is -2.29. The summed E-state index contributed by atoms with van der Waals surface area (Å²) in [5, 5.41) is 0.809. The van der Waals surface area contributed by atoms with E-state index in [1.165, 1.54) is 0 Å². The van der Waals surface area contributed by atoms with Gasteiger partial charge < -0.3 is 4.90 Å². The van der Waals surface area contributed by atoms with E-state index in [0.717, 1.165) is 29.4 Å². The number of nitrogens with zero attached hydrogens (tertiary/aromatic N) is 1. The monoisotopic (exact) mass is 269 g/mol. The second kappa shape index (κ2) is 5.91. The summed E-state index contributed by atoms with van der Waals surface area (Å²) in [6, 6.07) is 7.79. The first-order valence-corrected chi connectivity index (χ1v) is 6.22. The normalized spacial score (nSPS) is 10.1. The number of amides is 1. The molecule has 0 aliphatic rings. The van der Waals surface area contributed by atoms with E-state index in [-0.39, 0.29) is 5.91 Å². The number of hydrogen-bond acceptors (Lipinski definition) is 1. The van der Waals surface area contributed by atoms with Crippen molar-refractivity contribution in [2.45, 2.75) is 13.3 Å². The summed E-state index contributed by atoms with van der Waals surface area (Å²) < 4.78 is 0. The summed E-state index contributed by atoms with van der Waals surface area (Å²) in [6.45, 7) is 2.80. The van der Waals surface area contributed by atoms with E-state index in [0.29, 0.717) is 0 Å². The zero-order valence-corrected chi connectivity index (χ0v) is 10.8. The largest absolute Gasteiger partial charge is 0.341 e. The van der Waals surface area contributed by atoms with Crippen LogP contribution in [0.15, 0.2) is 24.3 Å². The van der Waals surface area contributed by atoms with Gasteiger partial charge in [0.15, 0.2) is 0 Å². The van der Waals surface area contributed by atoms with Crippen LogP contribution in [0.1, 0.15) is 22.8 Å². The quantitative estimate of drug-likeness (QED) is 0.770. The Morgan fingerprint density at radius 1 is 1.40 bits per heavy atom. The third kappa shape index (κ3) is 3.06. The molecule has 0 unspecified atom stereocenters. The van der Waals surface area contributed by atoms with Gasteiger partial charge in [0, 0.05) is 24.5 Å². The Morgan fingerprint density at radius 3 is 2.67 bits per heavy atom. The lowest BCUT2D eigenvalue weighted by atomic mass is 10.0. The van der Waals surface area contributed by atoms with Crippen LogP contribution in [-0.2, 0) is 6.42 Å². The minimum atomic E-state index is 0.104. The highest BCUT2D eigenvalue weighted by Gasteiger charge is 2.13. The highest BCUT2D eigenvalue weighted by Crippen LogP contribution is 2.11. The predicted octanol–water partition coefficient (Wildman–Crippen LogP) is 2.72. The molecular formula is C12H16BrNO. The molecule has 1 aromatic rings. The van der Waals surface area contributed by atoms with Crippen molar-refractivity contribution in [1.29, 1.82) is 0 Å². The van der Waals surface area contributed by atoms with Crippen molar-refractivity contribution in [2.24, 2.45) is 0 Å². The van der Waals surface area contributed by atoms with Crippen molar-refractivity contribution >= 4 is 21.8 Å². The molecule has 3 heteroatoms. The zero-order valence-electron chi connectivity index (χ0n) is 9.16. The molecular weight excluding hydrogens is 254 g/mol. The first-order chi connectivity index (χ1) is 7.20. The molecule has 1 aromatic carbocycles. The highest BCUT2D eigenvalue weighted by molar-refractivity contribution is 9.09. The maximum absolute atomic E-state index is 12.0. The smallest absolute Gasteiger partial charge is 0.253 e. The van der Waals surface area contributed by atoms with E-state index in [9.17, 15) is 4.79 Å². The first kappa shape index (κ1) is 12.2. The molecule has 0 heterocycles. The average Bonchev–Trinajstić information content (AvgIpc) is 2.28. The van der Waals surface area contributed by atoms with Crippen LogP contribution in [0.25, 0.3) is 0 Å². The van der Waals surface area contributed by atoms with Crippen molar-refractivity contribution in [2.75, 3.05) is 18.9 Å². The molecule has 0 radical (unpaired) electrons. The Labute approximate surface area is 99.4 Å². The summed E-state index contributed by atoms with van der Waals surface area (Å²) in [7, 11) is 1.83. The third-order valence-corrected chi connectivity index (χ3v) is 2.75. The molecule has 1 amide bonds. The van der Waals surface area contributed by atoms with E-state index in [1.54, 1.807) is 4.90 Å². The fraction of sp³-hybridized carbons (Fsp3) is 0.417. The molecule has 0 spiro atoms. The molecule has 15 heavy (non-hydrogen) atoms. The van der Waals surface area contributed by atoms with Gasteiger partial charge >= 0.3 is 0 Å². The summed E-state index contributed by atoms with van der Waals surface area (Å²) >= 11 is 3.33. The van der Waals surface area contributed by atoms with E-state index in [1.807, 2.05) is 31.3 Å². The molecule has 0 aliphatic heterocycles. The van der Waals surface area contributed by atoms with Crippen molar-refractivity contribution in [3.63, 3.8) is 0 Å². The number of rotatable bonds is 4. The number of benzene rings is 1. The molecule has 0 aromatic heterocycles. The molecule has 2 nitrogen and oxygen atoms in total. The van der Waals surface area contributed by atoms with Crippen LogP contribution in [0, 0.1) is 0 Å². The van der Waals surface area contributed by atoms with Crippen LogP contribution in [0.3, 0.4) is 0 Å². The van der Waals surface area contributed by atoms with Gasteiger partial charge in [0.25, 0.3) is 5.91 Å². The Bertz CT molecular complexity index is 338. The molecule has 1 rings (SSSR count). The van der Waals surface area contributed by atoms with Gasteiger partial charge in [0.05, 0.1) is 0 Å². The summed E-state index contributed by atoms with van der Waals surface area (Å²) in [5.41, 5.74) is 1.94. The van der Waals surface area contributed by atoms with Crippen LogP contribution in [0.2, 0.25) is 0 Å². The average molecular weight is 270 g/mol. The molecule has 0 saturated heterocycles. The number of carbonyl (C=O) groups excluding carboxylic acids is 1. The fourth-order valence-corrected chi connectivity index (χ4v) is 2.00. The second-order valence-corrected chi connectivity index (χ2v) is 4.22. The van der Waals surface area contributed by atoms with Crippen LogP contribution < -0.4 is 0 Å². The van der Waals surface area contributed by atoms with Crippen LogP contribution in [0.5, 0.6) is 0 Å². The molecule has 0 N–H and O–H groups in total. The Hall–Kier alpha value is -0.830. The minimum absolute atomic E-state index is 0.104. The van der Waals surface area contributed by atoms with Gasteiger partial charge in [-0.1, -0.05) is 41.1 Å². The maximum Gasteiger partial charge on any atom is 0.253 e. The number of alkyl halides is 1. The molecule has 82 valence electrons. The van der Waals surface area contributed by atoms with Crippen molar-refractivity contribution in [3.05, 3.63) is 35.4 Å². The van der Waals surface area contributed by atoms with Crippen LogP contribution in [-0.4, -0.2) is 29.7 Å². The number of aryl methyl sites for hydroxylation is 1. The number of halogens is 1. The molecule has 0 atom stereocenters. The van der Waals surface area contributed by atoms with Gasteiger partial charge in [-0.05, 0) is 18.1 Å². The van der Waals surface area contributed by atoms with Gasteiger partial charge in [-0.3, -0.25) is 4.79 Å². The van der Waals surface area contributed by atoms with E-state index >= 15 is 0 Å². The summed E-state index contributed by atoms with van der Waals surface area (Å²) in [5.74, 6) is 0.104. The lowest BCUT2D eigenvalue weighted by Gasteiger charge is -2.17. The van der Waals surface area contributed by atoms with Crippen LogP contribution >= 0.6 is 15.9 Å².